The number of hydrogen-bond acceptors (Lipinski definition) is 3. The molecule has 0 atom stereocenters. The molecule has 0 unspecified atom stereocenters. The molecule has 0 saturated heterocycles. The summed E-state index contributed by atoms with van der Waals surface area (Å²) in [5.74, 6) is -0.385. The van der Waals surface area contributed by atoms with Crippen molar-refractivity contribution >= 4 is 21.9 Å². The van der Waals surface area contributed by atoms with E-state index < -0.39 is 0 Å². The van der Waals surface area contributed by atoms with Gasteiger partial charge in [0.1, 0.15) is 10.3 Å². The second-order valence-corrected chi connectivity index (χ2v) is 5.18. The Labute approximate surface area is 120 Å². The largest absolute Gasteiger partial charge is 0.464 e. The van der Waals surface area contributed by atoms with Crippen LogP contribution in [-0.4, -0.2) is 22.9 Å². The van der Waals surface area contributed by atoms with Gasteiger partial charge in [0, 0.05) is 6.07 Å². The van der Waals surface area contributed by atoms with Gasteiger partial charge in [0.2, 0.25) is 0 Å². The summed E-state index contributed by atoms with van der Waals surface area (Å²) in [6.45, 7) is 4.66. The van der Waals surface area contributed by atoms with E-state index in [0.29, 0.717) is 16.8 Å². The summed E-state index contributed by atoms with van der Waals surface area (Å²) >= 11 is 3.29. The molecular formula is C14H15BrN2O2. The predicted molar refractivity (Wildman–Crippen MR) is 76.3 cm³/mol. The van der Waals surface area contributed by atoms with E-state index in [9.17, 15) is 4.79 Å². The maximum absolute atomic E-state index is 11.7. The highest BCUT2D eigenvalue weighted by atomic mass is 79.9. The summed E-state index contributed by atoms with van der Waals surface area (Å²) in [5.41, 5.74) is 3.98. The lowest BCUT2D eigenvalue weighted by Gasteiger charge is -2.11. The fraction of sp³-hybridized carbons (Fsp3) is 0.286. The molecule has 0 spiro atoms. The van der Waals surface area contributed by atoms with Crippen molar-refractivity contribution in [3.63, 3.8) is 0 Å². The van der Waals surface area contributed by atoms with Crippen LogP contribution in [0.25, 0.3) is 0 Å². The molecule has 1 aromatic heterocycles. The molecule has 2 rings (SSSR count). The third-order valence-corrected chi connectivity index (χ3v) is 3.48. The summed E-state index contributed by atoms with van der Waals surface area (Å²) in [4.78, 5) is 11.7. The van der Waals surface area contributed by atoms with Gasteiger partial charge in [0.25, 0.3) is 0 Å². The van der Waals surface area contributed by atoms with E-state index in [4.69, 9.17) is 4.74 Å². The summed E-state index contributed by atoms with van der Waals surface area (Å²) < 4.78 is 7.05. The Kier molecular flexibility index (Phi) is 4.04. The van der Waals surface area contributed by atoms with Crippen molar-refractivity contribution in [2.45, 2.75) is 20.4 Å². The summed E-state index contributed by atoms with van der Waals surface area (Å²) in [5, 5.41) is 4.29. The third-order valence-electron chi connectivity index (χ3n) is 3.10. The van der Waals surface area contributed by atoms with Crippen LogP contribution in [0.4, 0.5) is 0 Å². The Morgan fingerprint density at radius 1 is 1.37 bits per heavy atom. The van der Waals surface area contributed by atoms with Crippen molar-refractivity contribution in [3.05, 3.63) is 51.3 Å². The first-order valence-corrected chi connectivity index (χ1v) is 6.69. The van der Waals surface area contributed by atoms with Crippen LogP contribution in [0.3, 0.4) is 0 Å². The van der Waals surface area contributed by atoms with Crippen molar-refractivity contribution in [2.24, 2.45) is 0 Å². The van der Waals surface area contributed by atoms with Crippen molar-refractivity contribution in [1.29, 1.82) is 0 Å². The topological polar surface area (TPSA) is 44.1 Å². The molecule has 0 aliphatic heterocycles. The number of carbonyl (C=O) groups is 1. The summed E-state index contributed by atoms with van der Waals surface area (Å²) in [7, 11) is 1.37. The molecule has 0 aliphatic carbocycles. The van der Waals surface area contributed by atoms with Crippen molar-refractivity contribution in [2.75, 3.05) is 7.11 Å². The highest BCUT2D eigenvalue weighted by molar-refractivity contribution is 9.10. The first-order valence-electron chi connectivity index (χ1n) is 5.89. The molecule has 0 amide bonds. The van der Waals surface area contributed by atoms with Crippen LogP contribution in [0.5, 0.6) is 0 Å². The van der Waals surface area contributed by atoms with Crippen LogP contribution < -0.4 is 0 Å². The highest BCUT2D eigenvalue weighted by Crippen LogP contribution is 2.18. The molecule has 19 heavy (non-hydrogen) atoms. The standard InChI is InChI=1S/C14H15BrN2O2/c1-9-5-4-6-10(2)11(9)8-17-12(14(18)19-3)7-13(15)16-17/h4-7H,8H2,1-3H3. The Hall–Kier alpha value is -1.62. The molecule has 100 valence electrons. The molecule has 0 saturated carbocycles. The monoisotopic (exact) mass is 322 g/mol. The van der Waals surface area contributed by atoms with Crippen LogP contribution in [0, 0.1) is 13.8 Å². The molecular weight excluding hydrogens is 308 g/mol. The normalized spacial score (nSPS) is 10.5. The van der Waals surface area contributed by atoms with Crippen molar-refractivity contribution in [3.8, 4) is 0 Å². The Balaban J connectivity index is 2.41. The number of rotatable bonds is 3. The van der Waals surface area contributed by atoms with Crippen molar-refractivity contribution < 1.29 is 9.53 Å². The zero-order chi connectivity index (χ0) is 14.0. The minimum atomic E-state index is -0.385. The maximum Gasteiger partial charge on any atom is 0.356 e. The zero-order valence-corrected chi connectivity index (χ0v) is 12.7. The van der Waals surface area contributed by atoms with Gasteiger partial charge in [-0.05, 0) is 46.5 Å². The summed E-state index contributed by atoms with van der Waals surface area (Å²) in [6, 6.07) is 7.80. The lowest BCUT2D eigenvalue weighted by atomic mass is 10.0. The Morgan fingerprint density at radius 3 is 2.58 bits per heavy atom. The molecule has 1 aromatic carbocycles. The van der Waals surface area contributed by atoms with Gasteiger partial charge in [0.15, 0.2) is 0 Å². The van der Waals surface area contributed by atoms with Crippen LogP contribution in [0.2, 0.25) is 0 Å². The fourth-order valence-corrected chi connectivity index (χ4v) is 2.43. The second kappa shape index (κ2) is 5.57. The van der Waals surface area contributed by atoms with Gasteiger partial charge >= 0.3 is 5.97 Å². The number of esters is 1. The molecule has 5 heteroatoms. The predicted octanol–water partition coefficient (Wildman–Crippen LogP) is 3.10. The van der Waals surface area contributed by atoms with Gasteiger partial charge in [-0.3, -0.25) is 4.68 Å². The number of hydrogen-bond donors (Lipinski definition) is 0. The zero-order valence-electron chi connectivity index (χ0n) is 11.1. The lowest BCUT2D eigenvalue weighted by Crippen LogP contribution is -2.14. The number of carbonyl (C=O) groups excluding carboxylic acids is 1. The number of methoxy groups -OCH3 is 1. The third kappa shape index (κ3) is 2.87. The molecule has 2 aromatic rings. The fourth-order valence-electron chi connectivity index (χ4n) is 2.02. The quantitative estimate of drug-likeness (QED) is 0.815. The Morgan fingerprint density at radius 2 is 2.00 bits per heavy atom. The molecule has 0 bridgehead atoms. The second-order valence-electron chi connectivity index (χ2n) is 4.37. The first-order chi connectivity index (χ1) is 9.02. The van der Waals surface area contributed by atoms with Crippen LogP contribution in [0.15, 0.2) is 28.9 Å². The van der Waals surface area contributed by atoms with E-state index in [1.54, 1.807) is 10.7 Å². The highest BCUT2D eigenvalue weighted by Gasteiger charge is 2.16. The number of halogens is 1. The SMILES string of the molecule is COC(=O)c1cc(Br)nn1Cc1c(C)cccc1C. The molecule has 0 radical (unpaired) electrons. The average Bonchev–Trinajstić information content (AvgIpc) is 2.74. The van der Waals surface area contributed by atoms with Crippen LogP contribution >= 0.6 is 15.9 Å². The first kappa shape index (κ1) is 13.8. The average molecular weight is 323 g/mol. The van der Waals surface area contributed by atoms with Crippen LogP contribution in [0.1, 0.15) is 27.2 Å². The lowest BCUT2D eigenvalue weighted by molar-refractivity contribution is 0.0587. The van der Waals surface area contributed by atoms with E-state index in [1.807, 2.05) is 6.07 Å². The van der Waals surface area contributed by atoms with Gasteiger partial charge < -0.3 is 4.74 Å². The number of benzene rings is 1. The van der Waals surface area contributed by atoms with Gasteiger partial charge in [-0.2, -0.15) is 5.10 Å². The number of aromatic nitrogens is 2. The maximum atomic E-state index is 11.7. The number of aryl methyl sites for hydroxylation is 2. The molecule has 0 fully saturated rings. The number of ether oxygens (including phenoxy) is 1. The molecule has 4 nitrogen and oxygen atoms in total. The minimum absolute atomic E-state index is 0.385. The number of nitrogens with zero attached hydrogens (tertiary/aromatic N) is 2. The van der Waals surface area contributed by atoms with Crippen molar-refractivity contribution in [1.82, 2.24) is 9.78 Å². The minimum Gasteiger partial charge on any atom is -0.464 e. The van der Waals surface area contributed by atoms with Gasteiger partial charge in [-0.1, -0.05) is 18.2 Å². The molecule has 0 N–H and O–H groups in total. The van der Waals surface area contributed by atoms with E-state index in [1.165, 1.54) is 23.8 Å². The van der Waals surface area contributed by atoms with E-state index >= 15 is 0 Å². The van der Waals surface area contributed by atoms with E-state index in [2.05, 4.69) is 47.0 Å². The smallest absolute Gasteiger partial charge is 0.356 e. The van der Waals surface area contributed by atoms with Crippen LogP contribution in [-0.2, 0) is 11.3 Å². The van der Waals surface area contributed by atoms with E-state index in [0.717, 1.165) is 0 Å². The molecule has 0 aliphatic rings. The van der Waals surface area contributed by atoms with Gasteiger partial charge in [-0.25, -0.2) is 4.79 Å². The van der Waals surface area contributed by atoms with E-state index in [-0.39, 0.29) is 5.97 Å². The van der Waals surface area contributed by atoms with Gasteiger partial charge in [-0.15, -0.1) is 0 Å². The summed E-state index contributed by atoms with van der Waals surface area (Å²) in [6.07, 6.45) is 0. The molecule has 1 heterocycles. The Bertz CT molecular complexity index is 600. The van der Waals surface area contributed by atoms with Gasteiger partial charge in [0.05, 0.1) is 13.7 Å².